The van der Waals surface area contributed by atoms with Crippen LogP contribution in [0, 0.1) is 5.82 Å². The molecule has 1 aliphatic carbocycles. The second-order valence-corrected chi connectivity index (χ2v) is 9.41. The van der Waals surface area contributed by atoms with E-state index in [4.69, 9.17) is 20.9 Å². The first-order chi connectivity index (χ1) is 18.4. The highest BCUT2D eigenvalue weighted by atomic mass is 19.1. The van der Waals surface area contributed by atoms with E-state index in [-0.39, 0.29) is 35.4 Å². The number of benzene rings is 1. The normalized spacial score (nSPS) is 19.3. The summed E-state index contributed by atoms with van der Waals surface area (Å²) in [5, 5.41) is 7.00. The van der Waals surface area contributed by atoms with E-state index >= 15 is 0 Å². The first-order valence-electron chi connectivity index (χ1n) is 12.6. The van der Waals surface area contributed by atoms with E-state index in [1.54, 1.807) is 23.1 Å². The van der Waals surface area contributed by atoms with Gasteiger partial charge in [-0.2, -0.15) is 0 Å². The van der Waals surface area contributed by atoms with Crippen LogP contribution in [0.15, 0.2) is 36.4 Å². The summed E-state index contributed by atoms with van der Waals surface area (Å²) in [6, 6.07) is 9.83. The van der Waals surface area contributed by atoms with Gasteiger partial charge in [0.1, 0.15) is 19.0 Å². The minimum atomic E-state index is -0.800. The molecular weight excluding hydrogens is 493 g/mol. The van der Waals surface area contributed by atoms with Crippen molar-refractivity contribution >= 4 is 40.2 Å². The van der Waals surface area contributed by atoms with E-state index in [1.807, 2.05) is 12.1 Å². The molecule has 2 fully saturated rings. The van der Waals surface area contributed by atoms with Crippen molar-refractivity contribution in [3.05, 3.63) is 47.8 Å². The number of anilines is 3. The molecule has 11 nitrogen and oxygen atoms in total. The van der Waals surface area contributed by atoms with Gasteiger partial charge in [-0.05, 0) is 43.2 Å². The van der Waals surface area contributed by atoms with Crippen LogP contribution < -0.4 is 26.8 Å². The summed E-state index contributed by atoms with van der Waals surface area (Å²) in [7, 11) is 0. The predicted molar refractivity (Wildman–Crippen MR) is 140 cm³/mol. The number of pyridine rings is 2. The molecule has 2 amide bonds. The van der Waals surface area contributed by atoms with E-state index in [2.05, 4.69) is 20.6 Å². The molecule has 1 saturated heterocycles. The quantitative estimate of drug-likeness (QED) is 0.331. The van der Waals surface area contributed by atoms with Crippen molar-refractivity contribution in [2.45, 2.75) is 37.8 Å². The van der Waals surface area contributed by atoms with E-state index in [0.717, 1.165) is 37.1 Å². The summed E-state index contributed by atoms with van der Waals surface area (Å²) in [6.45, 7) is 1.65. The van der Waals surface area contributed by atoms with Gasteiger partial charge in [0, 0.05) is 29.2 Å². The van der Waals surface area contributed by atoms with Crippen LogP contribution >= 0.6 is 0 Å². The summed E-state index contributed by atoms with van der Waals surface area (Å²) in [6.07, 6.45) is 3.38. The Hall–Kier alpha value is -4.19. The number of cyclic esters (lactones) is 1. The summed E-state index contributed by atoms with van der Waals surface area (Å²) in [4.78, 5) is 34.0. The van der Waals surface area contributed by atoms with Gasteiger partial charge < -0.3 is 36.5 Å². The molecule has 3 heterocycles. The maximum Gasteiger partial charge on any atom is 0.410 e. The summed E-state index contributed by atoms with van der Waals surface area (Å²) in [5.74, 6) is -0.881. The van der Waals surface area contributed by atoms with Crippen LogP contribution in [0.25, 0.3) is 10.9 Å². The molecule has 2 aliphatic rings. The number of carbonyl (C=O) groups is 2. The van der Waals surface area contributed by atoms with E-state index in [9.17, 15) is 14.0 Å². The van der Waals surface area contributed by atoms with Crippen molar-refractivity contribution in [2.75, 3.05) is 36.9 Å². The number of fused-ring (bicyclic) bond motifs is 1. The number of carbonyl (C=O) groups excluding carboxylic acids is 2. The zero-order valence-electron chi connectivity index (χ0n) is 20.8. The Morgan fingerprint density at radius 1 is 1.16 bits per heavy atom. The highest BCUT2D eigenvalue weighted by Gasteiger charge is 2.25. The summed E-state index contributed by atoms with van der Waals surface area (Å²) < 4.78 is 25.4. The monoisotopic (exact) mass is 523 g/mol. The topological polar surface area (TPSA) is 158 Å². The van der Waals surface area contributed by atoms with E-state index in [1.165, 1.54) is 0 Å². The van der Waals surface area contributed by atoms with Crippen LogP contribution in [-0.4, -0.2) is 65.3 Å². The second-order valence-electron chi connectivity index (χ2n) is 9.41. The number of amides is 2. The Morgan fingerprint density at radius 2 is 2.00 bits per heavy atom. The number of ether oxygens (including phenoxy) is 2. The number of aromatic nitrogens is 2. The molecule has 1 aromatic carbocycles. The van der Waals surface area contributed by atoms with Crippen molar-refractivity contribution < 1.29 is 23.5 Å². The molecule has 2 atom stereocenters. The highest BCUT2D eigenvalue weighted by Crippen LogP contribution is 2.28. The molecule has 3 aromatic rings. The third-order valence-electron chi connectivity index (χ3n) is 6.77. The minimum absolute atomic E-state index is 0.0197. The fourth-order valence-corrected chi connectivity index (χ4v) is 4.68. The first-order valence-corrected chi connectivity index (χ1v) is 12.6. The maximum atomic E-state index is 14.8. The molecule has 200 valence electrons. The SMILES string of the molecule is NC(=O)c1cc(F)c(N[C@@H]2CCCC[C@@H]2N)nc1Nc1ccc2nc(OCCN3CCOC3=O)ccc2c1. The Labute approximate surface area is 218 Å². The minimum Gasteiger partial charge on any atom is -0.476 e. The molecule has 0 bridgehead atoms. The Morgan fingerprint density at radius 3 is 2.76 bits per heavy atom. The maximum absolute atomic E-state index is 14.8. The third-order valence-corrected chi connectivity index (χ3v) is 6.77. The number of nitrogens with zero attached hydrogens (tertiary/aromatic N) is 3. The van der Waals surface area contributed by atoms with Crippen LogP contribution in [0.5, 0.6) is 5.88 Å². The molecule has 38 heavy (non-hydrogen) atoms. The second kappa shape index (κ2) is 11.1. The molecule has 1 aliphatic heterocycles. The van der Waals surface area contributed by atoms with Crippen LogP contribution in [0.2, 0.25) is 0 Å². The third kappa shape index (κ3) is 5.70. The van der Waals surface area contributed by atoms with Gasteiger partial charge in [0.25, 0.3) is 5.91 Å². The summed E-state index contributed by atoms with van der Waals surface area (Å²) >= 11 is 0. The number of primary amides is 1. The van der Waals surface area contributed by atoms with Gasteiger partial charge in [0.05, 0.1) is 24.2 Å². The van der Waals surface area contributed by atoms with Gasteiger partial charge in [-0.3, -0.25) is 4.79 Å². The Kier molecular flexibility index (Phi) is 7.40. The number of nitrogens with one attached hydrogen (secondary N) is 2. The molecule has 1 saturated carbocycles. The summed E-state index contributed by atoms with van der Waals surface area (Å²) in [5.41, 5.74) is 12.9. The van der Waals surface area contributed by atoms with Crippen molar-refractivity contribution in [1.29, 1.82) is 0 Å². The zero-order valence-corrected chi connectivity index (χ0v) is 20.8. The number of rotatable bonds is 9. The molecule has 0 unspecified atom stereocenters. The van der Waals surface area contributed by atoms with Gasteiger partial charge in [-0.25, -0.2) is 19.2 Å². The van der Waals surface area contributed by atoms with Crippen molar-refractivity contribution in [3.8, 4) is 5.88 Å². The average molecular weight is 524 g/mol. The molecule has 6 N–H and O–H groups in total. The van der Waals surface area contributed by atoms with E-state index in [0.29, 0.717) is 43.4 Å². The van der Waals surface area contributed by atoms with Crippen molar-refractivity contribution in [3.63, 3.8) is 0 Å². The smallest absolute Gasteiger partial charge is 0.410 e. The largest absolute Gasteiger partial charge is 0.476 e. The van der Waals surface area contributed by atoms with Gasteiger partial charge in [-0.1, -0.05) is 12.8 Å². The van der Waals surface area contributed by atoms with E-state index < -0.39 is 11.7 Å². The highest BCUT2D eigenvalue weighted by molar-refractivity contribution is 5.99. The predicted octanol–water partition coefficient (Wildman–Crippen LogP) is 3.12. The average Bonchev–Trinajstić information content (AvgIpc) is 3.31. The molecule has 0 radical (unpaired) electrons. The number of halogens is 1. The van der Waals surface area contributed by atoms with Crippen LogP contribution in [0.3, 0.4) is 0 Å². The lowest BCUT2D eigenvalue weighted by Gasteiger charge is -2.30. The molecule has 2 aromatic heterocycles. The molecule has 12 heteroatoms. The first kappa shape index (κ1) is 25.5. The number of hydrogen-bond acceptors (Lipinski definition) is 9. The lowest BCUT2D eigenvalue weighted by atomic mass is 9.91. The van der Waals surface area contributed by atoms with Gasteiger partial charge in [-0.15, -0.1) is 0 Å². The number of nitrogens with two attached hydrogens (primary N) is 2. The fourth-order valence-electron chi connectivity index (χ4n) is 4.68. The number of hydrogen-bond donors (Lipinski definition) is 4. The molecular formula is C26H30FN7O4. The van der Waals surface area contributed by atoms with Gasteiger partial charge >= 0.3 is 6.09 Å². The van der Waals surface area contributed by atoms with Crippen molar-refractivity contribution in [2.24, 2.45) is 11.5 Å². The van der Waals surface area contributed by atoms with Gasteiger partial charge in [0.2, 0.25) is 5.88 Å². The van der Waals surface area contributed by atoms with Crippen LogP contribution in [0.1, 0.15) is 36.0 Å². The van der Waals surface area contributed by atoms with Crippen LogP contribution in [0.4, 0.5) is 26.5 Å². The zero-order chi connectivity index (χ0) is 26.6. The van der Waals surface area contributed by atoms with Gasteiger partial charge in [0.15, 0.2) is 11.6 Å². The van der Waals surface area contributed by atoms with Crippen molar-refractivity contribution in [1.82, 2.24) is 14.9 Å². The van der Waals surface area contributed by atoms with Crippen LogP contribution in [-0.2, 0) is 4.74 Å². The standard InChI is InChI=1S/C26H30FN7O4/c27-18-14-17(23(29)35)24(33-25(18)32-21-4-2-1-3-19(21)28)30-16-6-7-20-15(13-16)5-8-22(31-20)37-11-9-34-10-12-38-26(34)36/h5-8,13-14,19,21H,1-4,9-12,28H2,(H2,29,35)(H2,30,32,33)/t19-,21+/m0/s1. The fraction of sp³-hybridized carbons (Fsp3) is 0.385. The lowest BCUT2D eigenvalue weighted by molar-refractivity contribution is 0.100. The lowest BCUT2D eigenvalue weighted by Crippen LogP contribution is -2.43. The Balaban J connectivity index is 1.31. The molecule has 0 spiro atoms. The molecule has 5 rings (SSSR count). The Bertz CT molecular complexity index is 1350.